The van der Waals surface area contributed by atoms with E-state index in [1.807, 2.05) is 6.92 Å². The predicted molar refractivity (Wildman–Crippen MR) is 113 cm³/mol. The molecule has 0 fully saturated rings. The average molecular weight is 446 g/mol. The Kier molecular flexibility index (Phi) is 6.56. The van der Waals surface area contributed by atoms with Crippen LogP contribution in [0.4, 0.5) is 5.69 Å². The van der Waals surface area contributed by atoms with Crippen LogP contribution in [-0.4, -0.2) is 36.6 Å². The van der Waals surface area contributed by atoms with Gasteiger partial charge in [-0.2, -0.15) is 5.10 Å². The lowest BCUT2D eigenvalue weighted by molar-refractivity contribution is -0.115. The normalized spacial score (nSPS) is 11.3. The fourth-order valence-electron chi connectivity index (χ4n) is 2.85. The zero-order valence-electron chi connectivity index (χ0n) is 17.3. The Morgan fingerprint density at radius 3 is 2.42 bits per heavy atom. The molecular formula is C20H23N5O5S. The van der Waals surface area contributed by atoms with Gasteiger partial charge in [-0.3, -0.25) is 14.3 Å². The first kappa shape index (κ1) is 22.2. The SMILES string of the molecule is Cc1nn(C)c(C)c1NC(=O)CNC(=O)c1ccc(S(=O)(=O)NCc2ccco2)cc1. The number of hydrogen-bond donors (Lipinski definition) is 3. The predicted octanol–water partition coefficient (Wildman–Crippen LogP) is 1.48. The molecule has 0 saturated heterocycles. The van der Waals surface area contributed by atoms with Crippen LogP contribution in [0.25, 0.3) is 0 Å². The molecule has 0 spiro atoms. The minimum absolute atomic E-state index is 0.0101. The summed E-state index contributed by atoms with van der Waals surface area (Å²) in [5.74, 6) is -0.411. The standard InChI is InChI=1S/C20H23N5O5S/c1-13-19(14(2)25(3)24-13)23-18(26)12-21-20(27)15-6-8-17(9-7-15)31(28,29)22-11-16-5-4-10-30-16/h4-10,22H,11-12H2,1-3H3,(H,21,27)(H,23,26). The second-order valence-electron chi connectivity index (χ2n) is 6.83. The van der Waals surface area contributed by atoms with E-state index >= 15 is 0 Å². The molecule has 0 radical (unpaired) electrons. The summed E-state index contributed by atoms with van der Waals surface area (Å²) in [6, 6.07) is 8.72. The van der Waals surface area contributed by atoms with Gasteiger partial charge in [0.2, 0.25) is 15.9 Å². The minimum atomic E-state index is -3.76. The molecule has 2 heterocycles. The van der Waals surface area contributed by atoms with E-state index in [2.05, 4.69) is 20.5 Å². The molecule has 10 nitrogen and oxygen atoms in total. The molecule has 3 aromatic rings. The molecule has 0 bridgehead atoms. The van der Waals surface area contributed by atoms with E-state index in [0.717, 1.165) is 5.69 Å². The minimum Gasteiger partial charge on any atom is -0.468 e. The first-order chi connectivity index (χ1) is 14.7. The third kappa shape index (κ3) is 5.38. The fourth-order valence-corrected chi connectivity index (χ4v) is 3.84. The first-order valence-corrected chi connectivity index (χ1v) is 10.9. The molecule has 0 unspecified atom stereocenters. The van der Waals surface area contributed by atoms with Crippen molar-refractivity contribution in [2.45, 2.75) is 25.3 Å². The Balaban J connectivity index is 1.55. The van der Waals surface area contributed by atoms with Crippen LogP contribution in [0.1, 0.15) is 27.5 Å². The van der Waals surface area contributed by atoms with Gasteiger partial charge in [0.05, 0.1) is 41.3 Å². The molecule has 0 atom stereocenters. The monoisotopic (exact) mass is 445 g/mol. The second-order valence-corrected chi connectivity index (χ2v) is 8.60. The molecule has 0 aliphatic heterocycles. The number of carbonyl (C=O) groups excluding carboxylic acids is 2. The smallest absolute Gasteiger partial charge is 0.251 e. The summed E-state index contributed by atoms with van der Waals surface area (Å²) >= 11 is 0. The highest BCUT2D eigenvalue weighted by Gasteiger charge is 2.17. The van der Waals surface area contributed by atoms with Gasteiger partial charge in [0.15, 0.2) is 0 Å². The number of anilines is 1. The van der Waals surface area contributed by atoms with Crippen LogP contribution >= 0.6 is 0 Å². The second kappa shape index (κ2) is 9.14. The van der Waals surface area contributed by atoms with Crippen LogP contribution < -0.4 is 15.4 Å². The lowest BCUT2D eigenvalue weighted by Gasteiger charge is -2.09. The number of nitrogens with zero attached hydrogens (tertiary/aromatic N) is 2. The van der Waals surface area contributed by atoms with Crippen molar-refractivity contribution in [2.24, 2.45) is 7.05 Å². The number of amides is 2. The van der Waals surface area contributed by atoms with Gasteiger partial charge in [0.25, 0.3) is 5.91 Å². The lowest BCUT2D eigenvalue weighted by Crippen LogP contribution is -2.33. The summed E-state index contributed by atoms with van der Waals surface area (Å²) in [5, 5.41) is 9.46. The van der Waals surface area contributed by atoms with Crippen molar-refractivity contribution in [3.05, 3.63) is 65.4 Å². The topological polar surface area (TPSA) is 135 Å². The van der Waals surface area contributed by atoms with E-state index in [1.165, 1.54) is 30.5 Å². The maximum atomic E-state index is 12.3. The van der Waals surface area contributed by atoms with Crippen molar-refractivity contribution >= 4 is 27.5 Å². The Bertz CT molecular complexity index is 1180. The average Bonchev–Trinajstić information content (AvgIpc) is 3.35. The molecule has 1 aromatic carbocycles. The van der Waals surface area contributed by atoms with E-state index < -0.39 is 21.8 Å². The Hall–Kier alpha value is -3.44. The van der Waals surface area contributed by atoms with Gasteiger partial charge in [-0.15, -0.1) is 0 Å². The molecule has 3 rings (SSSR count). The largest absolute Gasteiger partial charge is 0.468 e. The maximum Gasteiger partial charge on any atom is 0.251 e. The molecule has 0 aliphatic rings. The number of nitrogens with one attached hydrogen (secondary N) is 3. The number of carbonyl (C=O) groups is 2. The summed E-state index contributed by atoms with van der Waals surface area (Å²) in [6.07, 6.45) is 1.45. The van der Waals surface area contributed by atoms with Crippen molar-refractivity contribution in [3.63, 3.8) is 0 Å². The molecule has 11 heteroatoms. The molecule has 0 aliphatic carbocycles. The maximum absolute atomic E-state index is 12.3. The summed E-state index contributed by atoms with van der Waals surface area (Å²) in [6.45, 7) is 3.38. The summed E-state index contributed by atoms with van der Waals surface area (Å²) < 4.78 is 33.9. The van der Waals surface area contributed by atoms with E-state index in [4.69, 9.17) is 4.42 Å². The lowest BCUT2D eigenvalue weighted by atomic mass is 10.2. The molecule has 31 heavy (non-hydrogen) atoms. The molecule has 2 amide bonds. The summed E-state index contributed by atoms with van der Waals surface area (Å²) in [4.78, 5) is 24.5. The van der Waals surface area contributed by atoms with Gasteiger partial charge in [-0.1, -0.05) is 0 Å². The summed E-state index contributed by atoms with van der Waals surface area (Å²) in [5.41, 5.74) is 2.32. The van der Waals surface area contributed by atoms with Gasteiger partial charge in [0.1, 0.15) is 5.76 Å². The number of sulfonamides is 1. The van der Waals surface area contributed by atoms with E-state index in [9.17, 15) is 18.0 Å². The molecule has 3 N–H and O–H groups in total. The van der Waals surface area contributed by atoms with Gasteiger partial charge in [-0.05, 0) is 50.2 Å². The Morgan fingerprint density at radius 2 is 1.84 bits per heavy atom. The quantitative estimate of drug-likeness (QED) is 0.481. The first-order valence-electron chi connectivity index (χ1n) is 9.38. The summed E-state index contributed by atoms with van der Waals surface area (Å²) in [7, 11) is -1.99. The highest BCUT2D eigenvalue weighted by Crippen LogP contribution is 2.18. The van der Waals surface area contributed by atoms with Crippen molar-refractivity contribution in [2.75, 3.05) is 11.9 Å². The Morgan fingerprint density at radius 1 is 1.13 bits per heavy atom. The van der Waals surface area contributed by atoms with Crippen molar-refractivity contribution < 1.29 is 22.4 Å². The van der Waals surface area contributed by atoms with Gasteiger partial charge in [-0.25, -0.2) is 13.1 Å². The number of furan rings is 1. The van der Waals surface area contributed by atoms with Crippen LogP contribution in [-0.2, 0) is 28.4 Å². The molecule has 0 saturated carbocycles. The number of aryl methyl sites for hydroxylation is 2. The van der Waals surface area contributed by atoms with E-state index in [-0.39, 0.29) is 23.5 Å². The molecule has 164 valence electrons. The van der Waals surface area contributed by atoms with E-state index in [1.54, 1.807) is 30.8 Å². The van der Waals surface area contributed by atoms with Crippen LogP contribution in [0, 0.1) is 13.8 Å². The van der Waals surface area contributed by atoms with Crippen molar-refractivity contribution in [3.8, 4) is 0 Å². The van der Waals surface area contributed by atoms with Crippen molar-refractivity contribution in [1.29, 1.82) is 0 Å². The fraction of sp³-hybridized carbons (Fsp3) is 0.250. The zero-order valence-corrected chi connectivity index (χ0v) is 18.1. The third-order valence-corrected chi connectivity index (χ3v) is 6.04. The Labute approximate surface area is 179 Å². The van der Waals surface area contributed by atoms with Gasteiger partial charge < -0.3 is 15.1 Å². The third-order valence-electron chi connectivity index (χ3n) is 4.63. The van der Waals surface area contributed by atoms with Crippen LogP contribution in [0.2, 0.25) is 0 Å². The van der Waals surface area contributed by atoms with Crippen LogP contribution in [0.15, 0.2) is 52.0 Å². The van der Waals surface area contributed by atoms with E-state index in [0.29, 0.717) is 17.1 Å². The van der Waals surface area contributed by atoms with Gasteiger partial charge in [0, 0.05) is 12.6 Å². The van der Waals surface area contributed by atoms with Crippen LogP contribution in [0.5, 0.6) is 0 Å². The molecule has 2 aromatic heterocycles. The van der Waals surface area contributed by atoms with Crippen LogP contribution in [0.3, 0.4) is 0 Å². The van der Waals surface area contributed by atoms with Crippen molar-refractivity contribution in [1.82, 2.24) is 19.8 Å². The highest BCUT2D eigenvalue weighted by molar-refractivity contribution is 7.89. The molecular weight excluding hydrogens is 422 g/mol. The number of benzene rings is 1. The number of hydrogen-bond acceptors (Lipinski definition) is 6. The number of rotatable bonds is 8. The zero-order chi connectivity index (χ0) is 22.6. The van der Waals surface area contributed by atoms with Gasteiger partial charge >= 0.3 is 0 Å². The number of aromatic nitrogens is 2. The highest BCUT2D eigenvalue weighted by atomic mass is 32.2.